The minimum absolute atomic E-state index is 0.171. The Hall–Kier alpha value is -2.32. The van der Waals surface area contributed by atoms with Crippen molar-refractivity contribution in [3.63, 3.8) is 0 Å². The molecule has 1 atom stereocenters. The van der Waals surface area contributed by atoms with Crippen LogP contribution in [0.2, 0.25) is 0 Å². The summed E-state index contributed by atoms with van der Waals surface area (Å²) in [5.74, 6) is 1.39. The third kappa shape index (κ3) is 3.42. The van der Waals surface area contributed by atoms with E-state index in [-0.39, 0.29) is 5.91 Å². The fourth-order valence-electron chi connectivity index (χ4n) is 3.21. The van der Waals surface area contributed by atoms with Gasteiger partial charge < -0.3 is 4.74 Å². The van der Waals surface area contributed by atoms with Crippen molar-refractivity contribution in [2.75, 3.05) is 12.4 Å². The van der Waals surface area contributed by atoms with Gasteiger partial charge in [-0.25, -0.2) is 5.01 Å². The van der Waals surface area contributed by atoms with Crippen LogP contribution < -0.4 is 20.6 Å². The second kappa shape index (κ2) is 7.97. The summed E-state index contributed by atoms with van der Waals surface area (Å²) in [6, 6.07) is 13.4. The summed E-state index contributed by atoms with van der Waals surface area (Å²) in [6.07, 6.45) is -0.474. The molecule has 28 heavy (non-hydrogen) atoms. The summed E-state index contributed by atoms with van der Waals surface area (Å²) in [5.41, 5.74) is 1.39. The Morgan fingerprint density at radius 1 is 1.25 bits per heavy atom. The van der Waals surface area contributed by atoms with Crippen molar-refractivity contribution in [1.29, 1.82) is 0 Å². The quantitative estimate of drug-likeness (QED) is 0.764. The zero-order chi connectivity index (χ0) is 19.7. The lowest BCUT2D eigenvalue weighted by Crippen LogP contribution is -2.50. The van der Waals surface area contributed by atoms with Gasteiger partial charge in [-0.05, 0) is 36.9 Å². The first-order valence-electron chi connectivity index (χ1n) is 9.03. The van der Waals surface area contributed by atoms with Crippen molar-refractivity contribution in [3.05, 3.63) is 63.1 Å². The summed E-state index contributed by atoms with van der Waals surface area (Å²) in [6.45, 7) is 4.54. The number of thioether (sulfide) groups is 1. The number of amides is 1. The molecule has 0 aliphatic carbocycles. The van der Waals surface area contributed by atoms with Gasteiger partial charge in [0.2, 0.25) is 0 Å². The van der Waals surface area contributed by atoms with Crippen LogP contribution in [-0.2, 0) is 4.79 Å². The molecule has 1 N–H and O–H groups in total. The van der Waals surface area contributed by atoms with E-state index in [0.717, 1.165) is 32.1 Å². The number of hydrogen-bond acceptors (Lipinski definition) is 6. The molecule has 0 bridgehead atoms. The van der Waals surface area contributed by atoms with Crippen molar-refractivity contribution in [2.24, 2.45) is 10.1 Å². The molecule has 2 aromatic carbocycles. The molecule has 0 aromatic heterocycles. The Kier molecular flexibility index (Phi) is 5.41. The number of benzene rings is 2. The van der Waals surface area contributed by atoms with E-state index >= 15 is 0 Å². The maximum absolute atomic E-state index is 12.9. The van der Waals surface area contributed by atoms with Crippen LogP contribution in [0.25, 0.3) is 5.70 Å². The molecule has 2 aromatic rings. The molecule has 0 saturated heterocycles. The van der Waals surface area contributed by atoms with E-state index in [4.69, 9.17) is 14.8 Å². The smallest absolute Gasteiger partial charge is 0.276 e. The van der Waals surface area contributed by atoms with Crippen LogP contribution in [0.3, 0.4) is 0 Å². The van der Waals surface area contributed by atoms with E-state index in [9.17, 15) is 4.79 Å². The normalized spacial score (nSPS) is 17.9. The average molecular weight is 459 g/mol. The molecular formula is C20H19BrN4O2S. The van der Waals surface area contributed by atoms with E-state index in [1.165, 1.54) is 11.8 Å². The van der Waals surface area contributed by atoms with Crippen molar-refractivity contribution in [2.45, 2.75) is 20.0 Å². The fraction of sp³-hybridized carbons (Fsp3) is 0.250. The van der Waals surface area contributed by atoms with Gasteiger partial charge in [0.05, 0.1) is 12.0 Å². The topological polar surface area (TPSA) is 66.3 Å². The van der Waals surface area contributed by atoms with E-state index in [0.29, 0.717) is 17.5 Å². The summed E-state index contributed by atoms with van der Waals surface area (Å²) in [5, 5.41) is 11.4. The highest BCUT2D eigenvalue weighted by atomic mass is 79.9. The number of hydrogen-bond donors (Lipinski definition) is 1. The Balaban J connectivity index is 1.93. The van der Waals surface area contributed by atoms with Crippen molar-refractivity contribution >= 4 is 44.5 Å². The molecule has 2 aliphatic heterocycles. The van der Waals surface area contributed by atoms with Gasteiger partial charge in [-0.2, -0.15) is 0 Å². The van der Waals surface area contributed by atoms with Crippen LogP contribution in [-0.4, -0.2) is 28.4 Å². The van der Waals surface area contributed by atoms with Gasteiger partial charge in [0.1, 0.15) is 11.4 Å². The van der Waals surface area contributed by atoms with Crippen LogP contribution in [0.1, 0.15) is 25.6 Å². The Labute approximate surface area is 175 Å². The molecule has 144 valence electrons. The van der Waals surface area contributed by atoms with Gasteiger partial charge in [-0.3, -0.25) is 15.1 Å². The zero-order valence-electron chi connectivity index (χ0n) is 15.5. The van der Waals surface area contributed by atoms with Gasteiger partial charge in [0, 0.05) is 15.3 Å². The molecule has 2 aliphatic rings. The van der Waals surface area contributed by atoms with E-state index in [1.807, 2.05) is 56.3 Å². The van der Waals surface area contributed by atoms with E-state index in [2.05, 4.69) is 21.2 Å². The number of nitrogens with zero attached hydrogens (tertiary/aromatic N) is 3. The number of ether oxygens (including phenoxy) is 1. The van der Waals surface area contributed by atoms with Crippen molar-refractivity contribution in [1.82, 2.24) is 10.3 Å². The van der Waals surface area contributed by atoms with Gasteiger partial charge in [-0.1, -0.05) is 52.8 Å². The van der Waals surface area contributed by atoms with Crippen LogP contribution in [0, 0.1) is 0 Å². The highest BCUT2D eigenvalue weighted by molar-refractivity contribution is 9.10. The molecule has 4 rings (SSSR count). The zero-order valence-corrected chi connectivity index (χ0v) is 17.9. The number of halogens is 1. The monoisotopic (exact) mass is 458 g/mol. The summed E-state index contributed by atoms with van der Waals surface area (Å²) < 4.78 is 6.56. The standard InChI is InChI=1S/C20H19BrN4O2S/c1-3-27-12-9-10-15(21)14(11-12)18-22-16-8-6-5-7-13(16)17-19(26)23-20(28-4-2)24-25(17)18/h5-11,18H,3-4H2,1-2H3,(H,23,24,26). The van der Waals surface area contributed by atoms with Gasteiger partial charge in [0.25, 0.3) is 5.91 Å². The summed E-state index contributed by atoms with van der Waals surface area (Å²) in [4.78, 5) is 17.9. The number of carbonyl (C=O) groups excluding carboxylic acids is 1. The third-order valence-electron chi connectivity index (χ3n) is 4.35. The lowest BCUT2D eigenvalue weighted by molar-refractivity contribution is -0.116. The molecule has 6 nitrogen and oxygen atoms in total. The predicted molar refractivity (Wildman–Crippen MR) is 114 cm³/mol. The lowest BCUT2D eigenvalue weighted by Gasteiger charge is -2.34. The lowest BCUT2D eigenvalue weighted by atomic mass is 10.1. The first-order chi connectivity index (χ1) is 13.6. The third-order valence-corrected chi connectivity index (χ3v) is 5.82. The van der Waals surface area contributed by atoms with Crippen molar-refractivity contribution in [3.8, 4) is 5.75 Å². The number of amidine groups is 1. The molecule has 0 fully saturated rings. The number of hydrazone groups is 1. The molecule has 8 heteroatoms. The van der Waals surface area contributed by atoms with Crippen LogP contribution >= 0.6 is 27.7 Å². The second-order valence-corrected chi connectivity index (χ2v) is 8.23. The maximum Gasteiger partial charge on any atom is 0.276 e. The van der Waals surface area contributed by atoms with Crippen LogP contribution in [0.5, 0.6) is 5.75 Å². The molecule has 1 amide bonds. The largest absolute Gasteiger partial charge is 0.494 e. The minimum atomic E-state index is -0.474. The number of rotatable bonds is 4. The Morgan fingerprint density at radius 3 is 2.86 bits per heavy atom. The maximum atomic E-state index is 12.9. The summed E-state index contributed by atoms with van der Waals surface area (Å²) in [7, 11) is 0. The predicted octanol–water partition coefficient (Wildman–Crippen LogP) is 2.74. The highest BCUT2D eigenvalue weighted by Crippen LogP contribution is 2.36. The minimum Gasteiger partial charge on any atom is -0.494 e. The number of para-hydroxylation sites is 1. The van der Waals surface area contributed by atoms with Gasteiger partial charge >= 0.3 is 0 Å². The number of nitrogens with one attached hydrogen (secondary N) is 1. The molecule has 0 radical (unpaired) electrons. The van der Waals surface area contributed by atoms with Gasteiger partial charge in [-0.15, -0.1) is 5.10 Å². The molecule has 0 spiro atoms. The second-order valence-electron chi connectivity index (χ2n) is 6.12. The Bertz CT molecular complexity index is 1090. The Morgan fingerprint density at radius 2 is 2.07 bits per heavy atom. The van der Waals surface area contributed by atoms with Crippen molar-refractivity contribution < 1.29 is 9.53 Å². The van der Waals surface area contributed by atoms with Gasteiger partial charge in [0.15, 0.2) is 11.3 Å². The first kappa shape index (κ1) is 19.0. The molecule has 1 unspecified atom stereocenters. The molecule has 2 heterocycles. The molecule has 0 saturated carbocycles. The van der Waals surface area contributed by atoms with E-state index in [1.54, 1.807) is 5.01 Å². The van der Waals surface area contributed by atoms with E-state index < -0.39 is 6.17 Å². The van der Waals surface area contributed by atoms with Crippen LogP contribution in [0.15, 0.2) is 57.0 Å². The first-order valence-corrected chi connectivity index (χ1v) is 10.8. The number of fused-ring (bicyclic) bond motifs is 2. The molecular weight excluding hydrogens is 440 g/mol. The average Bonchev–Trinajstić information content (AvgIpc) is 2.69. The summed E-state index contributed by atoms with van der Waals surface area (Å²) >= 11 is 5.12. The highest BCUT2D eigenvalue weighted by Gasteiger charge is 2.35. The SMILES string of the molecule is CCOc1ccc(Br)c(C2N=c3ccccc3=C3C(=O)NC(SCC)=NN32)c1. The van der Waals surface area contributed by atoms with Crippen LogP contribution in [0.4, 0.5) is 0 Å². The number of carbonyl (C=O) groups is 1. The fourth-order valence-corrected chi connectivity index (χ4v) is 4.24.